The number of aryl methyl sites for hydroxylation is 1. The van der Waals surface area contributed by atoms with Crippen molar-refractivity contribution in [2.45, 2.75) is 13.8 Å². The summed E-state index contributed by atoms with van der Waals surface area (Å²) in [6.45, 7) is 3.72. The van der Waals surface area contributed by atoms with Crippen LogP contribution in [-0.2, 0) is 0 Å². The molecule has 0 spiro atoms. The average Bonchev–Trinajstić information content (AvgIpc) is 2.65. The Morgan fingerprint density at radius 1 is 1.47 bits per heavy atom. The lowest BCUT2D eigenvalue weighted by Gasteiger charge is -2.01. The zero-order chi connectivity index (χ0) is 14.0. The number of rotatable bonds is 2. The molecule has 0 aliphatic rings. The van der Waals surface area contributed by atoms with Crippen LogP contribution >= 0.6 is 11.3 Å². The first-order valence-corrected chi connectivity index (χ1v) is 6.21. The Kier molecular flexibility index (Phi) is 3.44. The normalized spacial score (nSPS) is 9.95. The fourth-order valence-electron chi connectivity index (χ4n) is 1.49. The van der Waals surface area contributed by atoms with Gasteiger partial charge in [-0.2, -0.15) is 10.4 Å². The molecule has 2 aromatic heterocycles. The van der Waals surface area contributed by atoms with Gasteiger partial charge in [-0.05, 0) is 25.5 Å². The number of nitrogens with one attached hydrogen (secondary N) is 2. The second-order valence-electron chi connectivity index (χ2n) is 3.86. The average molecular weight is 274 g/mol. The Morgan fingerprint density at radius 3 is 2.79 bits per heavy atom. The van der Waals surface area contributed by atoms with Crippen molar-refractivity contribution >= 4 is 22.2 Å². The van der Waals surface area contributed by atoms with Gasteiger partial charge in [-0.15, -0.1) is 11.3 Å². The van der Waals surface area contributed by atoms with E-state index in [2.05, 4.69) is 21.6 Å². The van der Waals surface area contributed by atoms with Gasteiger partial charge in [-0.25, -0.2) is 5.10 Å². The molecule has 0 radical (unpaired) electrons. The molecule has 7 heteroatoms. The van der Waals surface area contributed by atoms with Crippen LogP contribution in [0.1, 0.15) is 26.5 Å². The van der Waals surface area contributed by atoms with Gasteiger partial charge in [0.1, 0.15) is 16.8 Å². The summed E-state index contributed by atoms with van der Waals surface area (Å²) in [5.74, 6) is -0.464. The molecule has 0 saturated carbocycles. The first kappa shape index (κ1) is 13.0. The highest BCUT2D eigenvalue weighted by atomic mass is 32.1. The standard InChI is InChI=1S/C12H10N4O2S/c1-6-7(2)19-12(8(6)5-13)14-11(18)9-3-4-10(17)16-15-9/h3-4H,1-2H3,(H,14,18)(H,16,17). The van der Waals surface area contributed by atoms with Gasteiger partial charge in [0.15, 0.2) is 0 Å². The molecular formula is C12H10N4O2S. The number of thiophene rings is 1. The maximum Gasteiger partial charge on any atom is 0.276 e. The molecular weight excluding hydrogens is 264 g/mol. The van der Waals surface area contributed by atoms with Crippen molar-refractivity contribution in [2.24, 2.45) is 0 Å². The monoisotopic (exact) mass is 274 g/mol. The van der Waals surface area contributed by atoms with Crippen LogP contribution in [0.3, 0.4) is 0 Å². The molecule has 0 aliphatic carbocycles. The molecule has 0 aliphatic heterocycles. The van der Waals surface area contributed by atoms with Crippen molar-refractivity contribution in [3.8, 4) is 6.07 Å². The SMILES string of the molecule is Cc1sc(NC(=O)c2ccc(=O)[nH]n2)c(C#N)c1C. The lowest BCUT2D eigenvalue weighted by atomic mass is 10.2. The van der Waals surface area contributed by atoms with Crippen molar-refractivity contribution in [3.05, 3.63) is 44.2 Å². The third-order valence-electron chi connectivity index (χ3n) is 2.64. The lowest BCUT2D eigenvalue weighted by Crippen LogP contribution is -2.17. The number of aromatic amines is 1. The summed E-state index contributed by atoms with van der Waals surface area (Å²) in [5, 5.41) is 18.0. The zero-order valence-corrected chi connectivity index (χ0v) is 11.1. The molecule has 19 heavy (non-hydrogen) atoms. The number of carbonyl (C=O) groups is 1. The number of H-pyrrole nitrogens is 1. The molecule has 0 unspecified atom stereocenters. The highest BCUT2D eigenvalue weighted by Gasteiger charge is 2.16. The molecule has 0 saturated heterocycles. The Bertz CT molecular complexity index is 719. The van der Waals surface area contributed by atoms with E-state index in [1.807, 2.05) is 13.8 Å². The van der Waals surface area contributed by atoms with Crippen LogP contribution in [0.4, 0.5) is 5.00 Å². The first-order chi connectivity index (χ1) is 9.02. The minimum Gasteiger partial charge on any atom is -0.311 e. The van der Waals surface area contributed by atoms with Gasteiger partial charge < -0.3 is 5.32 Å². The number of aromatic nitrogens is 2. The van der Waals surface area contributed by atoms with E-state index in [-0.39, 0.29) is 11.3 Å². The molecule has 0 atom stereocenters. The topological polar surface area (TPSA) is 98.6 Å². The van der Waals surface area contributed by atoms with Gasteiger partial charge in [0.2, 0.25) is 0 Å². The summed E-state index contributed by atoms with van der Waals surface area (Å²) >= 11 is 1.34. The van der Waals surface area contributed by atoms with E-state index in [9.17, 15) is 9.59 Å². The highest BCUT2D eigenvalue weighted by molar-refractivity contribution is 7.16. The smallest absolute Gasteiger partial charge is 0.276 e. The van der Waals surface area contributed by atoms with Gasteiger partial charge >= 0.3 is 0 Å². The number of anilines is 1. The van der Waals surface area contributed by atoms with Crippen LogP contribution < -0.4 is 10.9 Å². The van der Waals surface area contributed by atoms with E-state index in [1.165, 1.54) is 23.5 Å². The molecule has 2 rings (SSSR count). The van der Waals surface area contributed by atoms with E-state index in [1.54, 1.807) is 0 Å². The van der Waals surface area contributed by atoms with Crippen molar-refractivity contribution < 1.29 is 4.79 Å². The Labute approximate surface area is 112 Å². The Hall–Kier alpha value is -2.46. The third kappa shape index (κ3) is 2.53. The number of hydrogen-bond acceptors (Lipinski definition) is 5. The molecule has 2 heterocycles. The van der Waals surface area contributed by atoms with E-state index in [0.717, 1.165) is 10.4 Å². The molecule has 2 N–H and O–H groups in total. The summed E-state index contributed by atoms with van der Waals surface area (Å²) < 4.78 is 0. The molecule has 0 fully saturated rings. The minimum absolute atomic E-state index is 0.0900. The Balaban J connectivity index is 2.29. The molecule has 6 nitrogen and oxygen atoms in total. The predicted octanol–water partition coefficient (Wildman–Crippen LogP) is 1.57. The number of nitriles is 1. The van der Waals surface area contributed by atoms with Crippen LogP contribution in [0.5, 0.6) is 0 Å². The maximum atomic E-state index is 11.9. The fraction of sp³-hybridized carbons (Fsp3) is 0.167. The largest absolute Gasteiger partial charge is 0.311 e. The predicted molar refractivity (Wildman–Crippen MR) is 71.3 cm³/mol. The van der Waals surface area contributed by atoms with Crippen LogP contribution in [-0.4, -0.2) is 16.1 Å². The summed E-state index contributed by atoms with van der Waals surface area (Å²) in [5.41, 5.74) is 1.03. The molecule has 0 aromatic carbocycles. The molecule has 1 amide bonds. The zero-order valence-electron chi connectivity index (χ0n) is 10.3. The quantitative estimate of drug-likeness (QED) is 0.868. The fourth-order valence-corrected chi connectivity index (χ4v) is 2.49. The van der Waals surface area contributed by atoms with Crippen molar-refractivity contribution in [1.82, 2.24) is 10.2 Å². The van der Waals surface area contributed by atoms with E-state index in [4.69, 9.17) is 5.26 Å². The summed E-state index contributed by atoms with van der Waals surface area (Å²) in [6.07, 6.45) is 0. The van der Waals surface area contributed by atoms with Crippen molar-refractivity contribution in [2.75, 3.05) is 5.32 Å². The van der Waals surface area contributed by atoms with Crippen LogP contribution in [0.2, 0.25) is 0 Å². The van der Waals surface area contributed by atoms with Gasteiger partial charge in [0.25, 0.3) is 11.5 Å². The van der Waals surface area contributed by atoms with E-state index < -0.39 is 5.91 Å². The number of carbonyl (C=O) groups excluding carboxylic acids is 1. The van der Waals surface area contributed by atoms with Gasteiger partial charge in [0.05, 0.1) is 5.56 Å². The van der Waals surface area contributed by atoms with Crippen LogP contribution in [0.15, 0.2) is 16.9 Å². The summed E-state index contributed by atoms with van der Waals surface area (Å²) in [7, 11) is 0. The van der Waals surface area contributed by atoms with Crippen LogP contribution in [0, 0.1) is 25.2 Å². The van der Waals surface area contributed by atoms with E-state index in [0.29, 0.717) is 10.6 Å². The van der Waals surface area contributed by atoms with Gasteiger partial charge in [-0.1, -0.05) is 0 Å². The Morgan fingerprint density at radius 2 is 2.21 bits per heavy atom. The maximum absolute atomic E-state index is 11.9. The summed E-state index contributed by atoms with van der Waals surface area (Å²) in [4.78, 5) is 23.7. The van der Waals surface area contributed by atoms with Crippen molar-refractivity contribution in [3.63, 3.8) is 0 Å². The van der Waals surface area contributed by atoms with Gasteiger partial charge in [-0.3, -0.25) is 9.59 Å². The second kappa shape index (κ2) is 5.04. The molecule has 96 valence electrons. The third-order valence-corrected chi connectivity index (χ3v) is 3.76. The van der Waals surface area contributed by atoms with Gasteiger partial charge in [0, 0.05) is 10.9 Å². The molecule has 2 aromatic rings. The van der Waals surface area contributed by atoms with E-state index >= 15 is 0 Å². The summed E-state index contributed by atoms with van der Waals surface area (Å²) in [6, 6.07) is 4.62. The van der Waals surface area contributed by atoms with Crippen LogP contribution in [0.25, 0.3) is 0 Å². The number of nitrogens with zero attached hydrogens (tertiary/aromatic N) is 2. The first-order valence-electron chi connectivity index (χ1n) is 5.40. The number of hydrogen-bond donors (Lipinski definition) is 2. The number of amides is 1. The second-order valence-corrected chi connectivity index (χ2v) is 5.08. The molecule has 0 bridgehead atoms. The van der Waals surface area contributed by atoms with Crippen molar-refractivity contribution in [1.29, 1.82) is 5.26 Å². The highest BCUT2D eigenvalue weighted by Crippen LogP contribution is 2.31. The minimum atomic E-state index is -0.464. The lowest BCUT2D eigenvalue weighted by molar-refractivity contribution is 0.102.